The van der Waals surface area contributed by atoms with Gasteiger partial charge in [0, 0.05) is 6.54 Å². The number of hydrogen-bond acceptors (Lipinski definition) is 5. The average Bonchev–Trinajstić information content (AvgIpc) is 3.29. The van der Waals surface area contributed by atoms with E-state index in [0.29, 0.717) is 17.6 Å². The van der Waals surface area contributed by atoms with Crippen LogP contribution in [-0.2, 0) is 11.3 Å². The predicted molar refractivity (Wildman–Crippen MR) is 108 cm³/mol. The highest BCUT2D eigenvalue weighted by Gasteiger charge is 2.31. The normalized spacial score (nSPS) is 17.4. The second kappa shape index (κ2) is 6.91. The number of amides is 1. The third-order valence-corrected chi connectivity index (χ3v) is 6.42. The van der Waals surface area contributed by atoms with Crippen LogP contribution in [0.2, 0.25) is 0 Å². The Morgan fingerprint density at radius 1 is 1.14 bits per heavy atom. The molecule has 0 saturated carbocycles. The lowest BCUT2D eigenvalue weighted by atomic mass is 10.0. The summed E-state index contributed by atoms with van der Waals surface area (Å²) in [6.07, 6.45) is 2.93. The molecule has 4 aromatic rings. The highest BCUT2D eigenvalue weighted by atomic mass is 32.1. The number of aromatic nitrogens is 2. The van der Waals surface area contributed by atoms with Crippen LogP contribution >= 0.6 is 11.3 Å². The molecule has 1 unspecified atom stereocenters. The van der Waals surface area contributed by atoms with Gasteiger partial charge in [0.25, 0.3) is 0 Å². The van der Waals surface area contributed by atoms with Gasteiger partial charge in [0.05, 0.1) is 21.8 Å². The van der Waals surface area contributed by atoms with Crippen LogP contribution in [0.1, 0.15) is 30.3 Å². The monoisotopic (exact) mass is 393 g/mol. The molecular weight excluding hydrogens is 374 g/mol. The predicted octanol–water partition coefficient (Wildman–Crippen LogP) is 3.96. The molecule has 28 heavy (non-hydrogen) atoms. The van der Waals surface area contributed by atoms with E-state index in [2.05, 4.69) is 6.07 Å². The molecule has 0 spiro atoms. The van der Waals surface area contributed by atoms with Crippen molar-refractivity contribution in [2.24, 2.45) is 0 Å². The number of oxazole rings is 1. The molecule has 2 aromatic heterocycles. The molecule has 1 amide bonds. The first kappa shape index (κ1) is 17.2. The van der Waals surface area contributed by atoms with E-state index < -0.39 is 5.76 Å². The van der Waals surface area contributed by atoms with Crippen molar-refractivity contribution in [2.75, 3.05) is 6.54 Å². The number of benzene rings is 2. The molecular formula is C21H19N3O3S. The largest absolute Gasteiger partial charge is 0.420 e. The Kier molecular flexibility index (Phi) is 4.24. The van der Waals surface area contributed by atoms with Crippen molar-refractivity contribution < 1.29 is 9.21 Å². The highest BCUT2D eigenvalue weighted by molar-refractivity contribution is 7.18. The SMILES string of the molecule is O=C(Cn1c(=O)oc2ccccc21)N1CCCCC1c1nc2ccccc2s1. The van der Waals surface area contributed by atoms with E-state index in [1.165, 1.54) is 4.57 Å². The summed E-state index contributed by atoms with van der Waals surface area (Å²) < 4.78 is 7.82. The van der Waals surface area contributed by atoms with Crippen molar-refractivity contribution in [3.8, 4) is 0 Å². The Morgan fingerprint density at radius 3 is 2.86 bits per heavy atom. The molecule has 3 heterocycles. The first-order valence-electron chi connectivity index (χ1n) is 9.44. The number of likely N-dealkylation sites (tertiary alicyclic amines) is 1. The number of fused-ring (bicyclic) bond motifs is 2. The number of carbonyl (C=O) groups is 1. The zero-order valence-corrected chi connectivity index (χ0v) is 16.0. The first-order chi connectivity index (χ1) is 13.7. The van der Waals surface area contributed by atoms with E-state index in [1.807, 2.05) is 35.2 Å². The minimum Gasteiger partial charge on any atom is -0.408 e. The van der Waals surface area contributed by atoms with Crippen LogP contribution in [0, 0.1) is 0 Å². The summed E-state index contributed by atoms with van der Waals surface area (Å²) in [6.45, 7) is 0.668. The van der Waals surface area contributed by atoms with Gasteiger partial charge >= 0.3 is 5.76 Å². The van der Waals surface area contributed by atoms with Crippen molar-refractivity contribution in [1.82, 2.24) is 14.5 Å². The number of para-hydroxylation sites is 3. The van der Waals surface area contributed by atoms with Gasteiger partial charge in [-0.15, -0.1) is 11.3 Å². The van der Waals surface area contributed by atoms with Gasteiger partial charge < -0.3 is 9.32 Å². The molecule has 0 N–H and O–H groups in total. The van der Waals surface area contributed by atoms with Crippen molar-refractivity contribution in [1.29, 1.82) is 0 Å². The zero-order valence-electron chi connectivity index (χ0n) is 15.2. The van der Waals surface area contributed by atoms with Gasteiger partial charge in [0.2, 0.25) is 5.91 Å². The summed E-state index contributed by atoms with van der Waals surface area (Å²) in [5.41, 5.74) is 2.12. The topological polar surface area (TPSA) is 68.3 Å². The molecule has 1 saturated heterocycles. The van der Waals surface area contributed by atoms with E-state index in [9.17, 15) is 9.59 Å². The molecule has 6 nitrogen and oxygen atoms in total. The van der Waals surface area contributed by atoms with Crippen LogP contribution in [0.25, 0.3) is 21.3 Å². The number of nitrogens with zero attached hydrogens (tertiary/aromatic N) is 3. The maximum atomic E-state index is 13.2. The minimum absolute atomic E-state index is 0.0166. The maximum absolute atomic E-state index is 13.2. The molecule has 1 atom stereocenters. The summed E-state index contributed by atoms with van der Waals surface area (Å²) in [5.74, 6) is -0.569. The van der Waals surface area contributed by atoms with Crippen LogP contribution in [0.4, 0.5) is 0 Å². The van der Waals surface area contributed by atoms with Gasteiger partial charge in [0.15, 0.2) is 5.58 Å². The van der Waals surface area contributed by atoms with E-state index in [4.69, 9.17) is 9.40 Å². The lowest BCUT2D eigenvalue weighted by Crippen LogP contribution is -2.41. The first-order valence-corrected chi connectivity index (χ1v) is 10.3. The molecule has 7 heteroatoms. The van der Waals surface area contributed by atoms with Crippen LogP contribution in [0.3, 0.4) is 0 Å². The van der Waals surface area contributed by atoms with Crippen molar-refractivity contribution in [3.05, 3.63) is 64.1 Å². The number of rotatable bonds is 3. The standard InChI is InChI=1S/C21H19N3O3S/c25-19(13-24-15-8-2-3-10-17(15)27-21(24)26)23-12-6-5-9-16(23)20-22-14-7-1-4-11-18(14)28-20/h1-4,7-8,10-11,16H,5-6,9,12-13H2. The number of piperidine rings is 1. The van der Waals surface area contributed by atoms with Crippen LogP contribution in [-0.4, -0.2) is 26.9 Å². The van der Waals surface area contributed by atoms with Gasteiger partial charge in [-0.3, -0.25) is 9.36 Å². The smallest absolute Gasteiger partial charge is 0.408 e. The molecule has 1 fully saturated rings. The summed E-state index contributed by atoms with van der Waals surface area (Å²) in [7, 11) is 0. The third-order valence-electron chi connectivity index (χ3n) is 5.29. The maximum Gasteiger partial charge on any atom is 0.420 e. The summed E-state index contributed by atoms with van der Waals surface area (Å²) >= 11 is 1.65. The Balaban J connectivity index is 1.46. The van der Waals surface area contributed by atoms with Crippen LogP contribution in [0.15, 0.2) is 57.7 Å². The Labute approximate surface area is 165 Å². The lowest BCUT2D eigenvalue weighted by Gasteiger charge is -2.34. The van der Waals surface area contributed by atoms with Crippen LogP contribution < -0.4 is 5.76 Å². The van der Waals surface area contributed by atoms with Gasteiger partial charge in [0.1, 0.15) is 11.6 Å². The summed E-state index contributed by atoms with van der Waals surface area (Å²) in [4.78, 5) is 32.1. The van der Waals surface area contributed by atoms with Gasteiger partial charge in [-0.25, -0.2) is 9.78 Å². The van der Waals surface area contributed by atoms with Crippen molar-refractivity contribution >= 4 is 38.6 Å². The molecule has 5 rings (SSSR count). The third kappa shape index (κ3) is 2.92. The molecule has 0 aliphatic carbocycles. The van der Waals surface area contributed by atoms with Gasteiger partial charge in [-0.05, 0) is 43.5 Å². The van der Waals surface area contributed by atoms with Gasteiger partial charge in [-0.1, -0.05) is 24.3 Å². The summed E-state index contributed by atoms with van der Waals surface area (Å²) in [5, 5.41) is 0.971. The van der Waals surface area contributed by atoms with E-state index in [0.717, 1.165) is 34.5 Å². The molecule has 0 radical (unpaired) electrons. The number of hydrogen-bond donors (Lipinski definition) is 0. The average molecular weight is 393 g/mol. The number of carbonyl (C=O) groups excluding carboxylic acids is 1. The Hall–Kier alpha value is -2.93. The molecule has 0 bridgehead atoms. The lowest BCUT2D eigenvalue weighted by molar-refractivity contribution is -0.135. The zero-order chi connectivity index (χ0) is 19.1. The minimum atomic E-state index is -0.497. The van der Waals surface area contributed by atoms with Crippen molar-refractivity contribution in [2.45, 2.75) is 31.8 Å². The second-order valence-electron chi connectivity index (χ2n) is 7.04. The Bertz CT molecular complexity index is 1190. The van der Waals surface area contributed by atoms with E-state index in [1.54, 1.807) is 23.5 Å². The number of thiazole rings is 1. The Morgan fingerprint density at radius 2 is 1.96 bits per heavy atom. The molecule has 1 aliphatic heterocycles. The quantitative estimate of drug-likeness (QED) is 0.528. The fraction of sp³-hybridized carbons (Fsp3) is 0.286. The fourth-order valence-electron chi connectivity index (χ4n) is 3.91. The molecule has 142 valence electrons. The van der Waals surface area contributed by atoms with E-state index >= 15 is 0 Å². The van der Waals surface area contributed by atoms with Crippen LogP contribution in [0.5, 0.6) is 0 Å². The van der Waals surface area contributed by atoms with E-state index in [-0.39, 0.29) is 18.5 Å². The molecule has 2 aromatic carbocycles. The summed E-state index contributed by atoms with van der Waals surface area (Å²) in [6, 6.07) is 15.2. The highest BCUT2D eigenvalue weighted by Crippen LogP contribution is 2.35. The molecule has 1 aliphatic rings. The van der Waals surface area contributed by atoms with Crippen molar-refractivity contribution in [3.63, 3.8) is 0 Å². The second-order valence-corrected chi connectivity index (χ2v) is 8.10. The van der Waals surface area contributed by atoms with Gasteiger partial charge in [-0.2, -0.15) is 0 Å². The fourth-order valence-corrected chi connectivity index (χ4v) is 5.02.